The van der Waals surface area contributed by atoms with Crippen LogP contribution in [0.4, 0.5) is 0 Å². The summed E-state index contributed by atoms with van der Waals surface area (Å²) in [5.41, 5.74) is 5.46. The van der Waals surface area contributed by atoms with E-state index >= 15 is 0 Å². The summed E-state index contributed by atoms with van der Waals surface area (Å²) in [5.74, 6) is -1.45. The van der Waals surface area contributed by atoms with Crippen LogP contribution in [-0.2, 0) is 57.0 Å². The number of carbonyl (C=O) groups is 2. The van der Waals surface area contributed by atoms with Gasteiger partial charge in [-0.25, -0.2) is 0 Å². The lowest BCUT2D eigenvalue weighted by molar-refractivity contribution is -0.386. The van der Waals surface area contributed by atoms with Gasteiger partial charge >= 0.3 is 0 Å². The number of rotatable bonds is 18. The summed E-state index contributed by atoms with van der Waals surface area (Å²) in [5, 5.41) is 145. The quantitative estimate of drug-likeness (QED) is 0.0567. The third kappa shape index (κ3) is 12.2. The molecule has 378 valence electrons. The molecule has 2 amide bonds. The average Bonchev–Trinajstić information content (AvgIpc) is 3.27. The van der Waals surface area contributed by atoms with Crippen molar-refractivity contribution in [3.63, 3.8) is 0 Å². The zero-order chi connectivity index (χ0) is 48.0. The predicted octanol–water partition coefficient (Wildman–Crippen LogP) is -10.2. The zero-order valence-electron chi connectivity index (χ0n) is 35.7. The Morgan fingerprint density at radius 1 is 0.477 bits per heavy atom. The molecule has 0 aromatic rings. The number of aliphatic hydroxyl groups excluding tert-OH is 13. The molecule has 0 bridgehead atoms. The number of aliphatic hydroxyl groups is 13. The normalized spacial score (nSPS) is 47.2. The summed E-state index contributed by atoms with van der Waals surface area (Å²) < 4.78 is 57.3. The van der Waals surface area contributed by atoms with E-state index in [1.807, 2.05) is 0 Å². The van der Waals surface area contributed by atoms with E-state index in [0.29, 0.717) is 6.42 Å². The van der Waals surface area contributed by atoms with Crippen LogP contribution < -0.4 is 16.4 Å². The number of ether oxygens (including phenoxy) is 10. The molecular formula is C37H65N3O25. The first kappa shape index (κ1) is 53.9. The lowest BCUT2D eigenvalue weighted by atomic mass is 9.94. The Morgan fingerprint density at radius 3 is 1.37 bits per heavy atom. The van der Waals surface area contributed by atoms with Crippen molar-refractivity contribution in [1.29, 1.82) is 0 Å². The molecule has 0 saturated carbocycles. The van der Waals surface area contributed by atoms with Crippen molar-refractivity contribution in [2.75, 3.05) is 39.6 Å². The fourth-order valence-corrected chi connectivity index (χ4v) is 8.19. The van der Waals surface area contributed by atoms with Crippen LogP contribution in [0.1, 0.15) is 27.2 Å². The van der Waals surface area contributed by atoms with Gasteiger partial charge in [-0.1, -0.05) is 0 Å². The van der Waals surface area contributed by atoms with Crippen LogP contribution in [-0.4, -0.2) is 271 Å². The van der Waals surface area contributed by atoms with Crippen LogP contribution >= 0.6 is 0 Å². The van der Waals surface area contributed by atoms with E-state index < -0.39 is 192 Å². The predicted molar refractivity (Wildman–Crippen MR) is 206 cm³/mol. The van der Waals surface area contributed by atoms with Gasteiger partial charge in [-0.15, -0.1) is 0 Å². The molecule has 65 heavy (non-hydrogen) atoms. The van der Waals surface area contributed by atoms with Crippen molar-refractivity contribution >= 4 is 11.8 Å². The Kier molecular flexibility index (Phi) is 19.9. The Hall–Kier alpha value is -2.02. The second-order valence-corrected chi connectivity index (χ2v) is 16.4. The monoisotopic (exact) mass is 951 g/mol. The minimum Gasteiger partial charge on any atom is -0.394 e. The van der Waals surface area contributed by atoms with Gasteiger partial charge < -0.3 is 130 Å². The second kappa shape index (κ2) is 24.0. The van der Waals surface area contributed by atoms with E-state index in [2.05, 4.69) is 10.6 Å². The van der Waals surface area contributed by atoms with Crippen LogP contribution in [0.2, 0.25) is 0 Å². The Balaban J connectivity index is 1.30. The molecule has 0 spiro atoms. The molecule has 5 rings (SSSR count). The van der Waals surface area contributed by atoms with Gasteiger partial charge in [0.15, 0.2) is 31.5 Å². The van der Waals surface area contributed by atoms with E-state index in [1.54, 1.807) is 0 Å². The fourth-order valence-electron chi connectivity index (χ4n) is 8.19. The molecule has 5 aliphatic rings. The van der Waals surface area contributed by atoms with E-state index in [9.17, 15) is 76.0 Å². The van der Waals surface area contributed by atoms with Gasteiger partial charge in [-0.3, -0.25) is 9.59 Å². The van der Waals surface area contributed by atoms with Gasteiger partial charge in [-0.2, -0.15) is 0 Å². The first-order valence-corrected chi connectivity index (χ1v) is 21.1. The average molecular weight is 952 g/mol. The topological polar surface area (TPSA) is 440 Å². The van der Waals surface area contributed by atoms with Crippen LogP contribution in [0.5, 0.6) is 0 Å². The van der Waals surface area contributed by atoms with Gasteiger partial charge in [0.1, 0.15) is 116 Å². The Morgan fingerprint density at radius 2 is 0.877 bits per heavy atom. The lowest BCUT2D eigenvalue weighted by Crippen LogP contribution is -2.70. The molecule has 5 saturated heterocycles. The smallest absolute Gasteiger partial charge is 0.217 e. The summed E-state index contributed by atoms with van der Waals surface area (Å²) in [6.45, 7) is 0.399. The molecule has 5 heterocycles. The van der Waals surface area contributed by atoms with E-state index in [0.717, 1.165) is 13.8 Å². The fraction of sp³-hybridized carbons (Fsp3) is 0.946. The number of carbonyl (C=O) groups excluding carboxylic acids is 2. The molecule has 17 N–H and O–H groups in total. The van der Waals surface area contributed by atoms with Gasteiger partial charge in [0.25, 0.3) is 0 Å². The second-order valence-electron chi connectivity index (χ2n) is 16.4. The lowest BCUT2D eigenvalue weighted by Gasteiger charge is -2.50. The van der Waals surface area contributed by atoms with Crippen molar-refractivity contribution in [2.24, 2.45) is 5.73 Å². The highest BCUT2D eigenvalue weighted by atomic mass is 16.8. The van der Waals surface area contributed by atoms with Crippen LogP contribution in [0, 0.1) is 0 Å². The molecule has 5 aliphatic heterocycles. The van der Waals surface area contributed by atoms with Gasteiger partial charge in [0.2, 0.25) is 11.8 Å². The maximum atomic E-state index is 12.4. The van der Waals surface area contributed by atoms with Gasteiger partial charge in [-0.05, 0) is 19.9 Å². The van der Waals surface area contributed by atoms with Crippen molar-refractivity contribution in [3.05, 3.63) is 0 Å². The largest absolute Gasteiger partial charge is 0.394 e. The molecule has 0 aromatic heterocycles. The number of nitrogens with one attached hydrogen (secondary N) is 2. The summed E-state index contributed by atoms with van der Waals surface area (Å²) in [7, 11) is 0. The highest BCUT2D eigenvalue weighted by Gasteiger charge is 2.56. The number of nitrogens with two attached hydrogens (primary N) is 1. The first-order chi connectivity index (χ1) is 30.8. The summed E-state index contributed by atoms with van der Waals surface area (Å²) >= 11 is 0. The van der Waals surface area contributed by atoms with Crippen molar-refractivity contribution in [1.82, 2.24) is 10.6 Å². The zero-order valence-corrected chi connectivity index (χ0v) is 35.7. The number of hydrogen-bond donors (Lipinski definition) is 16. The molecule has 0 aliphatic carbocycles. The molecular weight excluding hydrogens is 886 g/mol. The minimum absolute atomic E-state index is 0.0536. The molecule has 28 heteroatoms. The summed E-state index contributed by atoms with van der Waals surface area (Å²) in [6, 6.07) is -3.11. The SMILES string of the molecule is CC(=O)N[C@H]1[C@H](O[C@@H]2[C@@H](O)[C@H](C)O[C@@H](O[C@H]3[C@H](O)[C@@H](O)[C@@H](O[C@H]4[C@H](O)[C@@H](O)[C@H](OCCCN)O[C@@H]4CO)O[C@@H]3CO)[C@@H]2O)O[C@H](CO)[C@H](O[C@H]2O[C@H](CO)[C@H](O)[C@H](O)[C@H]2NC(C)=O)[C@@H]1O. The Labute approximate surface area is 371 Å². The molecule has 0 radical (unpaired) electrons. The third-order valence-corrected chi connectivity index (χ3v) is 11.7. The molecule has 5 fully saturated rings. The summed E-state index contributed by atoms with van der Waals surface area (Å²) in [4.78, 5) is 24.4. The standard InChI is InChI=1S/C37H65N3O25/c1-11-20(47)32(65-34-19(40-13(3)46)23(50)29(15(8-42)59-34)62-33-18(39-12(2)45)22(49)21(48)14(7-41)58-33)28(55)37(57-11)64-31-17(10-44)61-36(27(54)25(31)52)63-30-16(9-43)60-35(26(53)24(30)51)56-6-4-5-38/h11,14-37,41-44,47-55H,4-10,38H2,1-3H3,(H,39,45)(H,40,46)/t11-,14+,15+,16+,17+,18+,19+,20-,21-,22+,23+,24+,25+,26+,27+,28+,29-,30+,31+,32+,33+,34-,35+,36+,37-/m0/s1. The van der Waals surface area contributed by atoms with E-state index in [1.165, 1.54) is 6.92 Å². The van der Waals surface area contributed by atoms with E-state index in [4.69, 9.17) is 53.1 Å². The molecule has 28 nitrogen and oxygen atoms in total. The van der Waals surface area contributed by atoms with Crippen LogP contribution in [0.15, 0.2) is 0 Å². The highest BCUT2D eigenvalue weighted by Crippen LogP contribution is 2.36. The van der Waals surface area contributed by atoms with Crippen molar-refractivity contribution in [2.45, 2.75) is 181 Å². The molecule has 0 aromatic carbocycles. The maximum absolute atomic E-state index is 12.4. The Bertz CT molecular complexity index is 1490. The van der Waals surface area contributed by atoms with E-state index in [-0.39, 0.29) is 13.2 Å². The number of hydrogen-bond acceptors (Lipinski definition) is 26. The minimum atomic E-state index is -2.03. The molecule has 25 atom stereocenters. The van der Waals surface area contributed by atoms with Crippen molar-refractivity contribution in [3.8, 4) is 0 Å². The maximum Gasteiger partial charge on any atom is 0.217 e. The van der Waals surface area contributed by atoms with Crippen LogP contribution in [0.3, 0.4) is 0 Å². The molecule has 0 unspecified atom stereocenters. The first-order valence-electron chi connectivity index (χ1n) is 21.1. The van der Waals surface area contributed by atoms with Crippen LogP contribution in [0.25, 0.3) is 0 Å². The summed E-state index contributed by atoms with van der Waals surface area (Å²) in [6.07, 6.45) is -38.7. The van der Waals surface area contributed by atoms with Gasteiger partial charge in [0, 0.05) is 13.8 Å². The van der Waals surface area contributed by atoms with Crippen molar-refractivity contribution < 1.29 is 123 Å². The highest BCUT2D eigenvalue weighted by molar-refractivity contribution is 5.73. The third-order valence-electron chi connectivity index (χ3n) is 11.7. The number of amides is 2. The van der Waals surface area contributed by atoms with Gasteiger partial charge in [0.05, 0.1) is 39.1 Å².